The summed E-state index contributed by atoms with van der Waals surface area (Å²) in [6.45, 7) is 20.8. The fraction of sp³-hybridized carbons (Fsp3) is 0.634. The first-order valence-electron chi connectivity index (χ1n) is 25.0. The van der Waals surface area contributed by atoms with Gasteiger partial charge >= 0.3 is 703 Å². The van der Waals surface area contributed by atoms with Gasteiger partial charge in [0.05, 0.1) is 32.0 Å². The molecule has 0 fully saturated rings. The van der Waals surface area contributed by atoms with Crippen molar-refractivity contribution in [2.24, 2.45) is 0 Å². The number of carbonyl (C=O) groups is 5. The number of halogens is 41. The van der Waals surface area contributed by atoms with Crippen LogP contribution in [0.25, 0.3) is 0 Å². The molecule has 2 aliphatic heterocycles. The molecular weight excluding hydrogens is 6130 g/mol. The summed E-state index contributed by atoms with van der Waals surface area (Å²) < 4.78 is 22.7. The van der Waals surface area contributed by atoms with E-state index in [1.165, 1.54) is 0 Å². The van der Waals surface area contributed by atoms with Gasteiger partial charge in [-0.2, -0.15) is 10.2 Å². The van der Waals surface area contributed by atoms with Crippen LogP contribution in [0.2, 0.25) is 0 Å². The Morgan fingerprint density at radius 2 is 0.881 bits per heavy atom. The van der Waals surface area contributed by atoms with E-state index in [9.17, 15) is 19.2 Å². The number of aryl methyl sites for hydroxylation is 1. The Balaban J connectivity index is -0.000000670. The number of unbranched alkanes of at least 4 members (excludes halogenated alkanes) is 2. The molecule has 0 unspecified atom stereocenters. The first kappa shape index (κ1) is 133. The average Bonchev–Trinajstić information content (AvgIpc) is 1.63. The van der Waals surface area contributed by atoms with Crippen LogP contribution in [0.3, 0.4) is 0 Å². The number of nitrogens with one attached hydrogen (secondary N) is 1. The van der Waals surface area contributed by atoms with Gasteiger partial charge in [-0.1, -0.05) is 0 Å². The SMILES string of the molecule is CC#CCCCCl.CC#CCCCn1nc2c(c1C(=O)OCC)CN(C(=O)OC(C)(C)C)CC2.CCOC(=O)c1n[nH]c2c1CN(C(=O)OC(C)(C)C)CC2.II(I)I(I)I(I)I(I)I(I)I(I)I(I)I(I)I(I)I(I)I(I)I(I)I(I)I(I)I(I)I(I)I(I)I(I)I(I)I.O=CO[O-].[Cs+].[Cs+].[H-]. The topological polar surface area (TPSA) is 208 Å². The van der Waals surface area contributed by atoms with Gasteiger partial charge in [-0.3, -0.25) is 14.6 Å². The molecule has 60 heteroatoms. The molecule has 0 saturated carbocycles. The number of hydrogen-bond acceptors (Lipinski definition) is 13. The molecular formula is C41H61ClCs2I40N6O11. The number of hydrogen-bond donors (Lipinski definition) is 1. The molecule has 610 valence electrons. The van der Waals surface area contributed by atoms with Gasteiger partial charge in [0, 0.05) is 68.0 Å². The van der Waals surface area contributed by atoms with Crippen molar-refractivity contribution < 1.29 is 192 Å². The number of alkyl halides is 1. The second kappa shape index (κ2) is 77.7. The number of rotatable bonds is 28. The predicted molar refractivity (Wildman–Crippen MR) is 779 cm³/mol. The van der Waals surface area contributed by atoms with E-state index < -0.39 is 173 Å². The summed E-state index contributed by atoms with van der Waals surface area (Å²) in [5, 5.41) is 19.9. The zero-order valence-electron chi connectivity index (χ0n) is 54.2. The molecule has 1 N–H and O–H groups in total. The quantitative estimate of drug-likeness (QED) is 0.00969. The van der Waals surface area contributed by atoms with E-state index in [1.54, 1.807) is 28.3 Å². The first-order chi connectivity index (χ1) is 46.0. The van der Waals surface area contributed by atoms with E-state index in [-0.39, 0.29) is 177 Å². The standard InChI is InChI=1S/C20H29N3O4.C14H21N3O4.C6H9Cl.CH2O3.2Cs.I40.H/c1-6-8-9-10-12-23-17(18(24)26-7-2)15-14-22(13-11-16(15)21-23)19(25)27-20(3,4)5;1-5-20-12(18)11-9-8-17(7-6-10(9)15-16-11)13(19)21-14(2,3)4;1-2-3-4-5-6-7;2-1-4-3;;;1-22(2)24(5)26(7)28(9)30(11)32(13)34(15)36(17)38(19)40(21)39(20)37(18)35(16)33(14)31(12)29(10)27(8)25(6)23(3)4;/h7,9-14H2,1-5H3;5-8H2,1-4H3,(H,15,16);4-6H2,1H3;1,3H;;;;/q;;;;2*+1;;-1/p-1. The van der Waals surface area contributed by atoms with E-state index in [0.29, 0.717) is 56.8 Å². The summed E-state index contributed by atoms with van der Waals surface area (Å²) in [6, 6.07) is 0. The molecule has 4 heterocycles. The molecule has 101 heavy (non-hydrogen) atoms. The summed E-state index contributed by atoms with van der Waals surface area (Å²) in [7, 11) is -9.59. The van der Waals surface area contributed by atoms with Crippen molar-refractivity contribution in [1.82, 2.24) is 29.8 Å². The minimum Gasteiger partial charge on any atom is -1.00 e. The minimum atomic E-state index is -0.564. The van der Waals surface area contributed by atoms with E-state index >= 15 is 0 Å². The number of carbonyl (C=O) groups excluding carboxylic acids is 5. The Morgan fingerprint density at radius 3 is 1.20 bits per heavy atom. The van der Waals surface area contributed by atoms with Crippen LogP contribution in [-0.4, -0.2) is 104 Å². The van der Waals surface area contributed by atoms with Gasteiger partial charge in [0.15, 0.2) is 11.4 Å². The van der Waals surface area contributed by atoms with E-state index in [2.05, 4.69) is 435 Å². The molecule has 4 rings (SSSR count). The molecule has 0 bridgehead atoms. The van der Waals surface area contributed by atoms with Crippen molar-refractivity contribution in [3.8, 4) is 23.7 Å². The van der Waals surface area contributed by atoms with Crippen LogP contribution < -0.4 is 143 Å². The number of ether oxygens (including phenoxy) is 4. The zero-order valence-corrected chi connectivity index (χ0v) is 153. The number of fused-ring (bicyclic) bond motifs is 2. The minimum absolute atomic E-state index is 0. The van der Waals surface area contributed by atoms with Crippen LogP contribution in [0, 0.1) is 23.7 Å². The van der Waals surface area contributed by atoms with Crippen molar-refractivity contribution in [2.75, 3.05) is 32.2 Å². The molecule has 2 aliphatic rings. The molecule has 0 spiro atoms. The van der Waals surface area contributed by atoms with Gasteiger partial charge in [0.1, 0.15) is 11.2 Å². The summed E-state index contributed by atoms with van der Waals surface area (Å²) in [5.41, 5.74) is 2.77. The predicted octanol–water partition coefficient (Wildman–Crippen LogP) is 35.0. The Bertz CT molecular complexity index is 2840. The Morgan fingerprint density at radius 1 is 0.554 bits per heavy atom. The molecule has 2 aromatic rings. The molecule has 2 amide bonds. The maximum atomic E-state index is 12.5. The van der Waals surface area contributed by atoms with Gasteiger partial charge in [-0.05, 0) is 82.1 Å². The molecule has 17 nitrogen and oxygen atoms in total. The molecule has 0 aromatic carbocycles. The first-order valence-corrected chi connectivity index (χ1v) is 271. The Labute approximate surface area is 992 Å². The maximum absolute atomic E-state index is 12.5. The smallest absolute Gasteiger partial charge is 1.00 e. The molecule has 0 aliphatic carbocycles. The number of nitrogens with zero attached hydrogens (tertiary/aromatic N) is 5. The van der Waals surface area contributed by atoms with Crippen LogP contribution in [0.1, 0.15) is 140 Å². The summed E-state index contributed by atoms with van der Waals surface area (Å²) in [6.07, 6.45) is 3.93. The normalized spacial score (nSPS) is 14.7. The Hall–Kier alpha value is 28.0. The van der Waals surface area contributed by atoms with Gasteiger partial charge in [0.2, 0.25) is 0 Å². The van der Waals surface area contributed by atoms with Gasteiger partial charge in [0.25, 0.3) is 6.47 Å². The zero-order chi connectivity index (χ0) is 76.6. The van der Waals surface area contributed by atoms with Gasteiger partial charge < -0.3 is 40.3 Å². The number of H-pyrrole nitrogens is 1. The number of aromatic nitrogens is 4. The van der Waals surface area contributed by atoms with Crippen LogP contribution >= 0.6 is 553 Å². The molecule has 0 radical (unpaired) electrons. The molecule has 0 saturated heterocycles. The van der Waals surface area contributed by atoms with E-state index in [0.717, 1.165) is 48.5 Å². The third kappa shape index (κ3) is 56.3. The van der Waals surface area contributed by atoms with Crippen molar-refractivity contribution in [3.05, 3.63) is 33.9 Å². The number of aromatic amines is 1. The second-order valence-electron chi connectivity index (χ2n) is 17.8. The third-order valence-corrected chi connectivity index (χ3v) is 2980. The summed E-state index contributed by atoms with van der Waals surface area (Å²) in [5.74, 6) is 11.5. The van der Waals surface area contributed by atoms with E-state index in [1.807, 2.05) is 55.4 Å². The second-order valence-corrected chi connectivity index (χ2v) is 944. The maximum Gasteiger partial charge on any atom is 1.00 e. The van der Waals surface area contributed by atoms with Crippen LogP contribution in [-0.2, 0) is 61.1 Å². The largest absolute Gasteiger partial charge is 1.00 e. The van der Waals surface area contributed by atoms with Gasteiger partial charge in [-0.25, -0.2) is 19.2 Å². The van der Waals surface area contributed by atoms with Crippen molar-refractivity contribution in [3.63, 3.8) is 0 Å². The number of esters is 2. The average molecular weight is 6190 g/mol. The third-order valence-electron chi connectivity index (χ3n) is 9.24. The number of amides is 2. The molecule has 0 atom stereocenters. The fourth-order valence-corrected chi connectivity index (χ4v) is 7130. The Kier molecular flexibility index (Phi) is 103. The van der Waals surface area contributed by atoms with Crippen molar-refractivity contribution >= 4 is 583 Å². The molecule has 2 aromatic heterocycles. The van der Waals surface area contributed by atoms with Gasteiger partial charge in [-0.15, -0.1) is 35.3 Å². The van der Waals surface area contributed by atoms with Crippen LogP contribution in [0.4, 0.5) is 9.59 Å². The van der Waals surface area contributed by atoms with E-state index in [4.69, 9.17) is 40.6 Å². The monoisotopic (exact) mass is 6190 g/mol. The fourth-order valence-electron chi connectivity index (χ4n) is 5.89. The van der Waals surface area contributed by atoms with Crippen molar-refractivity contribution in [2.45, 2.75) is 139 Å². The summed E-state index contributed by atoms with van der Waals surface area (Å²) >= 11 is 72.9. The van der Waals surface area contributed by atoms with Crippen molar-refractivity contribution in [1.29, 1.82) is 0 Å². The summed E-state index contributed by atoms with van der Waals surface area (Å²) in [4.78, 5) is 63.4. The van der Waals surface area contributed by atoms with Crippen LogP contribution in [0.15, 0.2) is 0 Å². The van der Waals surface area contributed by atoms with Crippen LogP contribution in [0.5, 0.6) is 0 Å².